The Morgan fingerprint density at radius 3 is 1.45 bits per heavy atom. The van der Waals surface area contributed by atoms with Crippen molar-refractivity contribution < 1.29 is 19.7 Å². The second-order valence-electron chi connectivity index (χ2n) is 21.2. The number of fused-ring (bicyclic) bond motifs is 2. The van der Waals surface area contributed by atoms with Crippen LogP contribution < -0.4 is 9.47 Å². The van der Waals surface area contributed by atoms with Gasteiger partial charge in [-0.05, 0) is 173 Å². The molecule has 6 nitrogen and oxygen atoms in total. The second-order valence-corrected chi connectivity index (χ2v) is 21.2. The first kappa shape index (κ1) is 40.0. The normalized spacial score (nSPS) is 33.1. The Kier molecular flexibility index (Phi) is 11.9. The number of nitrogens with zero attached hydrogens (tertiary/aromatic N) is 2. The Labute approximate surface area is 350 Å². The lowest BCUT2D eigenvalue weighted by molar-refractivity contribution is -0.0241. The van der Waals surface area contributed by atoms with Gasteiger partial charge in [0.05, 0.1) is 12.2 Å². The van der Waals surface area contributed by atoms with Crippen LogP contribution in [0.1, 0.15) is 164 Å². The van der Waals surface area contributed by atoms with Crippen molar-refractivity contribution in [2.45, 2.75) is 189 Å². The van der Waals surface area contributed by atoms with E-state index in [9.17, 15) is 10.2 Å². The van der Waals surface area contributed by atoms with Gasteiger partial charge in [-0.2, -0.15) is 0 Å². The number of aliphatic hydroxyl groups is 2. The van der Waals surface area contributed by atoms with E-state index in [1.165, 1.54) is 142 Å². The molecule has 4 saturated carbocycles. The van der Waals surface area contributed by atoms with Gasteiger partial charge in [0.2, 0.25) is 0 Å². The molecule has 0 aromatic heterocycles. The minimum Gasteiger partial charge on any atom is -0.491 e. The summed E-state index contributed by atoms with van der Waals surface area (Å²) in [5.41, 5.74) is 6.97. The van der Waals surface area contributed by atoms with Crippen molar-refractivity contribution in [3.8, 4) is 11.5 Å². The van der Waals surface area contributed by atoms with Crippen molar-refractivity contribution in [1.82, 2.24) is 9.80 Å². The minimum atomic E-state index is -0.444. The molecule has 8 aliphatic rings. The summed E-state index contributed by atoms with van der Waals surface area (Å²) in [6, 6.07) is 15.3. The summed E-state index contributed by atoms with van der Waals surface area (Å²) >= 11 is 0. The summed E-state index contributed by atoms with van der Waals surface area (Å²) in [6.07, 6.45) is 29.4. The highest BCUT2D eigenvalue weighted by atomic mass is 16.5. The van der Waals surface area contributed by atoms with Crippen molar-refractivity contribution in [3.63, 3.8) is 0 Å². The van der Waals surface area contributed by atoms with Crippen LogP contribution in [0.3, 0.4) is 0 Å². The molecule has 318 valence electrons. The Morgan fingerprint density at radius 1 is 0.552 bits per heavy atom. The van der Waals surface area contributed by atoms with Crippen molar-refractivity contribution in [3.05, 3.63) is 58.7 Å². The predicted molar refractivity (Wildman–Crippen MR) is 233 cm³/mol. The number of hydrogen-bond donors (Lipinski definition) is 2. The van der Waals surface area contributed by atoms with E-state index >= 15 is 0 Å². The Morgan fingerprint density at radius 2 is 1.02 bits per heavy atom. The van der Waals surface area contributed by atoms with E-state index in [1.807, 2.05) is 0 Å². The van der Waals surface area contributed by atoms with Gasteiger partial charge in [-0.15, -0.1) is 0 Å². The first-order chi connectivity index (χ1) is 28.5. The predicted octanol–water partition coefficient (Wildman–Crippen LogP) is 9.92. The molecule has 8 atom stereocenters. The number of hydrogen-bond acceptors (Lipinski definition) is 6. The van der Waals surface area contributed by atoms with Gasteiger partial charge in [0.1, 0.15) is 24.7 Å². The maximum atomic E-state index is 10.9. The molecule has 2 saturated heterocycles. The van der Waals surface area contributed by atoms with Gasteiger partial charge in [0.25, 0.3) is 0 Å². The zero-order chi connectivity index (χ0) is 39.1. The van der Waals surface area contributed by atoms with Gasteiger partial charge in [-0.1, -0.05) is 76.3 Å². The third kappa shape index (κ3) is 7.81. The van der Waals surface area contributed by atoms with Gasteiger partial charge in [0.15, 0.2) is 0 Å². The van der Waals surface area contributed by atoms with E-state index in [2.05, 4.69) is 46.2 Å². The van der Waals surface area contributed by atoms with Gasteiger partial charge < -0.3 is 19.7 Å². The quantitative estimate of drug-likeness (QED) is 0.156. The van der Waals surface area contributed by atoms with Crippen molar-refractivity contribution in [2.75, 3.05) is 39.4 Å². The maximum Gasteiger partial charge on any atom is 0.119 e. The molecular weight excluding hydrogens is 717 g/mol. The van der Waals surface area contributed by atoms with Crippen LogP contribution in [0.2, 0.25) is 0 Å². The van der Waals surface area contributed by atoms with E-state index in [1.54, 1.807) is 22.3 Å². The van der Waals surface area contributed by atoms with Gasteiger partial charge in [0, 0.05) is 36.0 Å². The van der Waals surface area contributed by atoms with Crippen molar-refractivity contribution >= 4 is 0 Å². The first-order valence-electron chi connectivity index (χ1n) is 24.8. The van der Waals surface area contributed by atoms with E-state index in [0.717, 1.165) is 85.8 Å². The molecule has 0 amide bonds. The summed E-state index contributed by atoms with van der Waals surface area (Å²) in [6.45, 7) is 5.94. The summed E-state index contributed by atoms with van der Waals surface area (Å²) in [5, 5.41) is 21.8. The largest absolute Gasteiger partial charge is 0.491 e. The fraction of sp³-hybridized carbons (Fsp3) is 0.769. The van der Waals surface area contributed by atoms with Crippen LogP contribution in [0, 0.1) is 23.7 Å². The van der Waals surface area contributed by atoms with Gasteiger partial charge >= 0.3 is 0 Å². The molecular formula is C52H76N2O4. The van der Waals surface area contributed by atoms with Crippen molar-refractivity contribution in [1.29, 1.82) is 0 Å². The first-order valence-corrected chi connectivity index (χ1v) is 24.8. The van der Waals surface area contributed by atoms with Crippen molar-refractivity contribution in [2.24, 2.45) is 23.7 Å². The second kappa shape index (κ2) is 17.3. The van der Waals surface area contributed by atoms with Gasteiger partial charge in [-0.25, -0.2) is 0 Å². The molecule has 2 heterocycles. The van der Waals surface area contributed by atoms with E-state index in [-0.39, 0.29) is 0 Å². The molecule has 2 aliphatic heterocycles. The smallest absolute Gasteiger partial charge is 0.119 e. The number of likely N-dealkylation sites (tertiary alicyclic amines) is 2. The number of unbranched alkanes of at least 4 members (excludes halogenated alkanes) is 3. The highest BCUT2D eigenvalue weighted by Crippen LogP contribution is 2.58. The summed E-state index contributed by atoms with van der Waals surface area (Å²) in [5.74, 6) is 5.38. The maximum absolute atomic E-state index is 10.9. The van der Waals surface area contributed by atoms with Crippen LogP contribution in [-0.2, 0) is 23.7 Å². The van der Waals surface area contributed by atoms with Gasteiger partial charge in [-0.3, -0.25) is 9.80 Å². The third-order valence-electron chi connectivity index (χ3n) is 18.0. The fourth-order valence-electron chi connectivity index (χ4n) is 14.4. The molecule has 4 unspecified atom stereocenters. The molecule has 2 aromatic rings. The molecule has 4 bridgehead atoms. The Hall–Kier alpha value is -2.12. The number of aliphatic hydroxyl groups excluding tert-OH is 2. The Bertz CT molecular complexity index is 1580. The average Bonchev–Trinajstić information content (AvgIpc) is 3.21. The summed E-state index contributed by atoms with van der Waals surface area (Å²) in [4.78, 5) is 5.81. The van der Waals surface area contributed by atoms with E-state index in [0.29, 0.717) is 24.0 Å². The zero-order valence-corrected chi connectivity index (χ0v) is 35.9. The minimum absolute atomic E-state index is 0.334. The molecule has 6 heteroatoms. The highest BCUT2D eigenvalue weighted by Gasteiger charge is 2.55. The standard InChI is InChI=1S/C52H76N2O4/c55-41(35-57-43-21-19-39-29-49-45-17-5-7-23-51(45,47(39)31-43)25-27-53(49)33-37-11-9-12-37)15-3-1-2-4-16-42(56)36-58-44-22-20-40-30-50-46-18-6-8-24-52(46,48(40)32-44)26-28-54(50)34-38-13-10-14-38/h19-22,31-32,37-38,41-42,45-46,49-50,55-56H,1-18,23-30,33-36H2/t41?,42?,45-,46-,49?,50?,51+,52+/m0/s1. The lowest BCUT2D eigenvalue weighted by Gasteiger charge is -2.59. The van der Waals surface area contributed by atoms with E-state index < -0.39 is 12.2 Å². The van der Waals surface area contributed by atoms with Crippen LogP contribution in [0.4, 0.5) is 0 Å². The summed E-state index contributed by atoms with van der Waals surface area (Å²) in [7, 11) is 0. The molecule has 58 heavy (non-hydrogen) atoms. The number of rotatable bonds is 17. The molecule has 6 fully saturated rings. The summed E-state index contributed by atoms with van der Waals surface area (Å²) < 4.78 is 12.6. The van der Waals surface area contributed by atoms with Crippen LogP contribution in [0.25, 0.3) is 0 Å². The van der Waals surface area contributed by atoms with Crippen LogP contribution in [-0.4, -0.2) is 83.7 Å². The zero-order valence-electron chi connectivity index (χ0n) is 35.9. The number of benzene rings is 2. The third-order valence-corrected chi connectivity index (χ3v) is 18.0. The van der Waals surface area contributed by atoms with Crippen LogP contribution in [0.15, 0.2) is 36.4 Å². The lowest BCUT2D eigenvalue weighted by atomic mass is 9.52. The molecule has 6 aliphatic carbocycles. The van der Waals surface area contributed by atoms with E-state index in [4.69, 9.17) is 9.47 Å². The van der Waals surface area contributed by atoms with Crippen LogP contribution in [0.5, 0.6) is 11.5 Å². The SMILES string of the molecule is OC(CCCCCCC(O)COc1ccc2c(c1)[C@@]13CCCC[C@H]1C(C2)N(CC1CCC1)CC3)COc1ccc2c(c1)[C@@]13CCCC[C@H]1C(C2)N(CC1CCC1)CC3. The average molecular weight is 793 g/mol. The topological polar surface area (TPSA) is 65.4 Å². The monoisotopic (exact) mass is 793 g/mol. The molecule has 2 N–H and O–H groups in total. The lowest BCUT2D eigenvalue weighted by Crippen LogP contribution is -2.61. The fourth-order valence-corrected chi connectivity index (χ4v) is 14.4. The molecule has 0 radical (unpaired) electrons. The highest BCUT2D eigenvalue weighted by molar-refractivity contribution is 5.47. The molecule has 10 rings (SSSR count). The number of ether oxygens (including phenoxy) is 2. The molecule has 2 aromatic carbocycles. The molecule has 0 spiro atoms. The Balaban J connectivity index is 0.648. The van der Waals surface area contributed by atoms with Crippen LogP contribution >= 0.6 is 0 Å². The number of piperidine rings is 2.